The average Bonchev–Trinajstić information content (AvgIpc) is 2.49. The molecule has 2 aromatic rings. The topological polar surface area (TPSA) is 46.2 Å². The highest BCUT2D eigenvalue weighted by molar-refractivity contribution is 7.92. The smallest absolute Gasteiger partial charge is 0.265 e. The van der Waals surface area contributed by atoms with E-state index in [-0.39, 0.29) is 0 Å². The zero-order valence-corrected chi connectivity index (χ0v) is 13.1. The molecule has 0 radical (unpaired) electrons. The highest BCUT2D eigenvalue weighted by Crippen LogP contribution is 2.29. The fourth-order valence-corrected chi connectivity index (χ4v) is 3.66. The van der Waals surface area contributed by atoms with Crippen molar-refractivity contribution in [2.75, 3.05) is 4.72 Å². The summed E-state index contributed by atoms with van der Waals surface area (Å²) < 4.78 is 53.5. The van der Waals surface area contributed by atoms with Crippen molar-refractivity contribution in [3.8, 4) is 0 Å². The predicted molar refractivity (Wildman–Crippen MR) is 82.8 cm³/mol. The number of sulfonamides is 1. The van der Waals surface area contributed by atoms with Crippen LogP contribution in [0.25, 0.3) is 0 Å². The Morgan fingerprint density at radius 1 is 1.09 bits per heavy atom. The summed E-state index contributed by atoms with van der Waals surface area (Å²) in [6.45, 7) is 3.68. The molecule has 0 aromatic heterocycles. The zero-order valence-electron chi connectivity index (χ0n) is 12.3. The highest BCUT2D eigenvalue weighted by Gasteiger charge is 2.24. The van der Waals surface area contributed by atoms with E-state index in [1.165, 1.54) is 18.2 Å². The lowest BCUT2D eigenvalue weighted by Gasteiger charge is -2.16. The minimum absolute atomic E-state index is 0.393. The lowest BCUT2D eigenvalue weighted by molar-refractivity contribution is 0.148. The number of aryl methyl sites for hydroxylation is 2. The van der Waals surface area contributed by atoms with Crippen molar-refractivity contribution in [3.63, 3.8) is 0 Å². The second-order valence-electron chi connectivity index (χ2n) is 4.91. The van der Waals surface area contributed by atoms with Crippen molar-refractivity contribution in [1.29, 1.82) is 0 Å². The number of hydrogen-bond donors (Lipinski definition) is 1. The fraction of sp³-hybridized carbons (Fsp3) is 0.250. The van der Waals surface area contributed by atoms with Gasteiger partial charge >= 0.3 is 0 Å². The van der Waals surface area contributed by atoms with Crippen molar-refractivity contribution in [3.05, 3.63) is 59.2 Å². The summed E-state index contributed by atoms with van der Waals surface area (Å²) in [6.07, 6.45) is -2.22. The van der Waals surface area contributed by atoms with Crippen LogP contribution in [0.15, 0.2) is 47.4 Å². The molecule has 0 amide bonds. The maximum atomic E-state index is 13.0. The second-order valence-corrected chi connectivity index (χ2v) is 6.56. The lowest BCUT2D eigenvalue weighted by Crippen LogP contribution is -2.17. The quantitative estimate of drug-likeness (QED) is 0.891. The molecule has 0 aliphatic carbocycles. The Balaban J connectivity index is 2.50. The summed E-state index contributed by atoms with van der Waals surface area (Å²) in [4.78, 5) is -0.393. The number of halogens is 2. The maximum Gasteiger partial charge on any atom is 0.265 e. The molecular weight excluding hydrogens is 308 g/mol. The standard InChI is InChI=1S/C16H17F2NO2S/c1-3-12-8-6-7-11(2)15(12)19-22(20,21)14-10-5-4-9-13(14)16(17)18/h4-10,16,19H,3H2,1-2H3. The highest BCUT2D eigenvalue weighted by atomic mass is 32.2. The van der Waals surface area contributed by atoms with Crippen molar-refractivity contribution in [1.82, 2.24) is 0 Å². The number of benzene rings is 2. The first-order valence-electron chi connectivity index (χ1n) is 6.85. The Labute approximate surface area is 129 Å². The van der Waals surface area contributed by atoms with Crippen LogP contribution in [0.4, 0.5) is 14.5 Å². The van der Waals surface area contributed by atoms with E-state index in [0.717, 1.165) is 17.2 Å². The summed E-state index contributed by atoms with van der Waals surface area (Å²) in [5.74, 6) is 0. The third-order valence-corrected chi connectivity index (χ3v) is 4.84. The van der Waals surface area contributed by atoms with Crippen molar-refractivity contribution < 1.29 is 17.2 Å². The monoisotopic (exact) mass is 325 g/mol. The first-order valence-corrected chi connectivity index (χ1v) is 8.33. The number of para-hydroxylation sites is 1. The van der Waals surface area contributed by atoms with Gasteiger partial charge in [-0.05, 0) is 30.5 Å². The van der Waals surface area contributed by atoms with Gasteiger partial charge in [-0.25, -0.2) is 17.2 Å². The number of hydrogen-bond acceptors (Lipinski definition) is 2. The number of alkyl halides is 2. The van der Waals surface area contributed by atoms with E-state index in [1.54, 1.807) is 13.0 Å². The molecule has 0 fully saturated rings. The molecule has 118 valence electrons. The largest absolute Gasteiger partial charge is 0.279 e. The molecule has 1 N–H and O–H groups in total. The van der Waals surface area contributed by atoms with Gasteiger partial charge in [0.2, 0.25) is 0 Å². The molecular formula is C16H17F2NO2S. The molecule has 0 aliphatic heterocycles. The third-order valence-electron chi connectivity index (χ3n) is 3.42. The summed E-state index contributed by atoms with van der Waals surface area (Å²) in [5.41, 5.74) is 1.52. The summed E-state index contributed by atoms with van der Waals surface area (Å²) in [6, 6.07) is 10.6. The van der Waals surface area contributed by atoms with E-state index < -0.39 is 26.9 Å². The van der Waals surface area contributed by atoms with Crippen LogP contribution in [0.3, 0.4) is 0 Å². The van der Waals surface area contributed by atoms with Gasteiger partial charge in [0.05, 0.1) is 10.6 Å². The Morgan fingerprint density at radius 2 is 1.77 bits per heavy atom. The normalized spacial score (nSPS) is 11.7. The molecule has 0 unspecified atom stereocenters. The summed E-state index contributed by atoms with van der Waals surface area (Å²) >= 11 is 0. The molecule has 0 heterocycles. The van der Waals surface area contributed by atoms with Gasteiger partial charge < -0.3 is 0 Å². The molecule has 0 aliphatic rings. The Morgan fingerprint density at radius 3 is 2.41 bits per heavy atom. The number of anilines is 1. The average molecular weight is 325 g/mol. The Bertz CT molecular complexity index is 773. The van der Waals surface area contributed by atoms with Gasteiger partial charge in [0.15, 0.2) is 0 Å². The molecule has 2 aromatic carbocycles. The molecule has 0 atom stereocenters. The minimum atomic E-state index is -4.07. The maximum absolute atomic E-state index is 13.0. The third kappa shape index (κ3) is 3.27. The van der Waals surface area contributed by atoms with Crippen LogP contribution in [0.2, 0.25) is 0 Å². The van der Waals surface area contributed by atoms with E-state index in [4.69, 9.17) is 0 Å². The summed E-state index contributed by atoms with van der Waals surface area (Å²) in [5, 5.41) is 0. The molecule has 0 spiro atoms. The van der Waals surface area contributed by atoms with E-state index in [9.17, 15) is 17.2 Å². The number of nitrogens with one attached hydrogen (secondary N) is 1. The Hall–Kier alpha value is -1.95. The molecule has 2 rings (SSSR count). The molecule has 3 nitrogen and oxygen atoms in total. The molecule has 0 saturated heterocycles. The molecule has 0 bridgehead atoms. The van der Waals surface area contributed by atoms with Crippen LogP contribution in [-0.2, 0) is 16.4 Å². The molecule has 22 heavy (non-hydrogen) atoms. The van der Waals surface area contributed by atoms with Gasteiger partial charge in [-0.15, -0.1) is 0 Å². The van der Waals surface area contributed by atoms with E-state index >= 15 is 0 Å². The van der Waals surface area contributed by atoms with Crippen molar-refractivity contribution >= 4 is 15.7 Å². The Kier molecular flexibility index (Phi) is 4.81. The molecule has 6 heteroatoms. The first kappa shape index (κ1) is 16.4. The van der Waals surface area contributed by atoms with Crippen LogP contribution < -0.4 is 4.72 Å². The van der Waals surface area contributed by atoms with Crippen LogP contribution in [0.5, 0.6) is 0 Å². The van der Waals surface area contributed by atoms with Crippen LogP contribution in [0.1, 0.15) is 30.0 Å². The lowest BCUT2D eigenvalue weighted by atomic mass is 10.1. The SMILES string of the molecule is CCc1cccc(C)c1NS(=O)(=O)c1ccccc1C(F)F. The minimum Gasteiger partial charge on any atom is -0.279 e. The predicted octanol–water partition coefficient (Wildman–Crippen LogP) is 4.30. The van der Waals surface area contributed by atoms with Gasteiger partial charge in [-0.3, -0.25) is 4.72 Å². The van der Waals surface area contributed by atoms with Crippen LogP contribution in [0, 0.1) is 6.92 Å². The van der Waals surface area contributed by atoms with E-state index in [1.807, 2.05) is 19.1 Å². The van der Waals surface area contributed by atoms with E-state index in [2.05, 4.69) is 4.72 Å². The van der Waals surface area contributed by atoms with Gasteiger partial charge in [0, 0.05) is 5.56 Å². The van der Waals surface area contributed by atoms with Gasteiger partial charge in [0.1, 0.15) is 0 Å². The van der Waals surface area contributed by atoms with Crippen LogP contribution in [-0.4, -0.2) is 8.42 Å². The summed E-state index contributed by atoms with van der Waals surface area (Å²) in [7, 11) is -4.07. The van der Waals surface area contributed by atoms with E-state index in [0.29, 0.717) is 12.1 Å². The second kappa shape index (κ2) is 6.44. The van der Waals surface area contributed by atoms with Gasteiger partial charge in [-0.1, -0.05) is 43.3 Å². The van der Waals surface area contributed by atoms with Crippen molar-refractivity contribution in [2.24, 2.45) is 0 Å². The van der Waals surface area contributed by atoms with Gasteiger partial charge in [-0.2, -0.15) is 0 Å². The fourth-order valence-electron chi connectivity index (χ4n) is 2.26. The zero-order chi connectivity index (χ0) is 16.3. The number of rotatable bonds is 5. The van der Waals surface area contributed by atoms with Gasteiger partial charge in [0.25, 0.3) is 16.4 Å². The first-order chi connectivity index (χ1) is 10.4. The van der Waals surface area contributed by atoms with Crippen molar-refractivity contribution in [2.45, 2.75) is 31.6 Å². The van der Waals surface area contributed by atoms with Crippen LogP contribution >= 0.6 is 0 Å². The molecule has 0 saturated carbocycles.